The largest absolute Gasteiger partial charge is 0.390 e. The number of rotatable bonds is 2. The second kappa shape index (κ2) is 3.69. The number of allylic oxidation sites excluding steroid dienone is 1. The molecule has 74 valence electrons. The number of hydrogen-bond donors (Lipinski definition) is 1. The highest BCUT2D eigenvalue weighted by Crippen LogP contribution is 2.33. The third-order valence-corrected chi connectivity index (χ3v) is 3.06. The molecule has 2 rings (SSSR count). The minimum absolute atomic E-state index is 0.389. The maximum absolute atomic E-state index is 11.5. The predicted octanol–water partition coefficient (Wildman–Crippen LogP) is 2.05. The van der Waals surface area contributed by atoms with Crippen LogP contribution in [0.25, 0.3) is 10.1 Å². The van der Waals surface area contributed by atoms with Crippen LogP contribution < -0.4 is 5.73 Å². The normalized spacial score (nSPS) is 9.87. The number of anilines is 1. The Morgan fingerprint density at radius 2 is 2.13 bits per heavy atom. The monoisotopic (exact) mass is 217 g/mol. The molecule has 0 atom stereocenters. The van der Waals surface area contributed by atoms with Crippen LogP contribution in [0.5, 0.6) is 0 Å². The number of carbonyl (C=O) groups is 1. The summed E-state index contributed by atoms with van der Waals surface area (Å²) >= 11 is 1.34. The van der Waals surface area contributed by atoms with Gasteiger partial charge in [-0.15, -0.1) is 11.3 Å². The molecule has 2 N–H and O–H groups in total. The number of nitrogen functional groups attached to an aromatic ring is 1. The summed E-state index contributed by atoms with van der Waals surface area (Å²) < 4.78 is 0.942. The van der Waals surface area contributed by atoms with Crippen molar-refractivity contribution in [2.45, 2.75) is 0 Å². The maximum Gasteiger partial charge on any atom is 0.200 e. The molecule has 0 aliphatic rings. The van der Waals surface area contributed by atoms with Crippen LogP contribution in [0.4, 0.5) is 5.00 Å². The molecule has 0 unspecified atom stereocenters. The van der Waals surface area contributed by atoms with Gasteiger partial charge in [-0.1, -0.05) is 18.2 Å². The van der Waals surface area contributed by atoms with Crippen molar-refractivity contribution in [2.75, 3.05) is 5.73 Å². The molecule has 0 spiro atoms. The molecule has 4 heteroatoms. The Labute approximate surface area is 89.8 Å². The van der Waals surface area contributed by atoms with Crippen LogP contribution in [0.15, 0.2) is 30.3 Å². The molecule has 2 aromatic rings. The lowest BCUT2D eigenvalue weighted by Gasteiger charge is -1.93. The smallest absolute Gasteiger partial charge is 0.200 e. The summed E-state index contributed by atoms with van der Waals surface area (Å²) in [6.07, 6.45) is 0.866. The van der Waals surface area contributed by atoms with E-state index in [-0.39, 0.29) is 5.78 Å². The molecule has 0 bridgehead atoms. The van der Waals surface area contributed by atoms with Crippen LogP contribution in [0.3, 0.4) is 0 Å². The van der Waals surface area contributed by atoms with Gasteiger partial charge in [0.2, 0.25) is 0 Å². The lowest BCUT2D eigenvalue weighted by molar-refractivity contribution is 0.105. The summed E-state index contributed by atoms with van der Waals surface area (Å²) in [5, 5.41) is 1.23. The molecule has 0 aliphatic carbocycles. The molecule has 0 radical (unpaired) electrons. The second-order valence-corrected chi connectivity index (χ2v) is 4.05. The Morgan fingerprint density at radius 1 is 1.40 bits per heavy atom. The van der Waals surface area contributed by atoms with Crippen molar-refractivity contribution < 1.29 is 9.59 Å². The third-order valence-electron chi connectivity index (χ3n) is 2.06. The second-order valence-electron chi connectivity index (χ2n) is 2.96. The number of nitrogens with two attached hydrogens (primary N) is 1. The van der Waals surface area contributed by atoms with Crippen LogP contribution in [0.1, 0.15) is 10.4 Å². The first-order chi connectivity index (χ1) is 7.24. The third kappa shape index (κ3) is 1.56. The molecule has 1 aromatic carbocycles. The quantitative estimate of drug-likeness (QED) is 0.476. The van der Waals surface area contributed by atoms with Gasteiger partial charge in [0.25, 0.3) is 0 Å². The minimum Gasteiger partial charge on any atom is -0.390 e. The topological polar surface area (TPSA) is 60.2 Å². The Hall–Kier alpha value is -1.90. The molecular formula is C11H7NO2S. The van der Waals surface area contributed by atoms with E-state index in [0.717, 1.165) is 16.2 Å². The fourth-order valence-corrected chi connectivity index (χ4v) is 2.42. The van der Waals surface area contributed by atoms with E-state index in [4.69, 9.17) is 5.73 Å². The highest BCUT2D eigenvalue weighted by Gasteiger charge is 2.14. The van der Waals surface area contributed by atoms with Crippen molar-refractivity contribution in [3.63, 3.8) is 0 Å². The molecule has 3 nitrogen and oxygen atoms in total. The van der Waals surface area contributed by atoms with Gasteiger partial charge in [0.15, 0.2) is 5.78 Å². The lowest BCUT2D eigenvalue weighted by Crippen LogP contribution is -1.97. The number of ketones is 1. The molecular weight excluding hydrogens is 210 g/mol. The van der Waals surface area contributed by atoms with E-state index < -0.39 is 0 Å². The molecule has 15 heavy (non-hydrogen) atoms. The summed E-state index contributed by atoms with van der Waals surface area (Å²) in [5.41, 5.74) is 6.13. The number of carbonyl (C=O) groups excluding carboxylic acids is 2. The molecule has 0 saturated heterocycles. The highest BCUT2D eigenvalue weighted by atomic mass is 32.1. The number of fused-ring (bicyclic) bond motifs is 1. The predicted molar refractivity (Wildman–Crippen MR) is 60.8 cm³/mol. The van der Waals surface area contributed by atoms with E-state index in [2.05, 4.69) is 0 Å². The maximum atomic E-state index is 11.5. The van der Waals surface area contributed by atoms with Crippen molar-refractivity contribution in [3.8, 4) is 0 Å². The fraction of sp³-hybridized carbons (Fsp3) is 0. The summed E-state index contributed by atoms with van der Waals surface area (Å²) in [7, 11) is 0. The van der Waals surface area contributed by atoms with Gasteiger partial charge in [-0.25, -0.2) is 4.79 Å². The molecule has 0 aliphatic heterocycles. The van der Waals surface area contributed by atoms with Crippen LogP contribution in [0, 0.1) is 0 Å². The molecule has 1 aromatic heterocycles. The van der Waals surface area contributed by atoms with E-state index >= 15 is 0 Å². The van der Waals surface area contributed by atoms with Crippen LogP contribution in [-0.2, 0) is 4.79 Å². The van der Waals surface area contributed by atoms with Crippen LogP contribution >= 0.6 is 11.3 Å². The Balaban J connectivity index is 2.74. The van der Waals surface area contributed by atoms with Crippen LogP contribution in [0.2, 0.25) is 0 Å². The average Bonchev–Trinajstić information content (AvgIpc) is 2.54. The van der Waals surface area contributed by atoms with E-state index in [1.807, 2.05) is 24.3 Å². The van der Waals surface area contributed by atoms with Gasteiger partial charge in [-0.3, -0.25) is 4.79 Å². The summed E-state index contributed by atoms with van der Waals surface area (Å²) in [6.45, 7) is 0. The van der Waals surface area contributed by atoms with Gasteiger partial charge in [-0.2, -0.15) is 0 Å². The van der Waals surface area contributed by atoms with Gasteiger partial charge in [-0.05, 0) is 6.07 Å². The summed E-state index contributed by atoms with van der Waals surface area (Å²) in [4.78, 5) is 21.7. The van der Waals surface area contributed by atoms with Gasteiger partial charge in [0.1, 0.15) is 5.94 Å². The minimum atomic E-state index is -0.389. The zero-order chi connectivity index (χ0) is 10.8. The zero-order valence-corrected chi connectivity index (χ0v) is 8.51. The van der Waals surface area contributed by atoms with Crippen molar-refractivity contribution in [1.29, 1.82) is 0 Å². The Morgan fingerprint density at radius 3 is 2.87 bits per heavy atom. The number of benzene rings is 1. The fourth-order valence-electron chi connectivity index (χ4n) is 1.44. The number of hydrogen-bond acceptors (Lipinski definition) is 4. The van der Waals surface area contributed by atoms with Crippen LogP contribution in [-0.4, -0.2) is 11.7 Å². The lowest BCUT2D eigenvalue weighted by atomic mass is 10.1. The first-order valence-electron chi connectivity index (χ1n) is 4.26. The van der Waals surface area contributed by atoms with Gasteiger partial charge >= 0.3 is 0 Å². The Bertz CT molecular complexity index is 579. The average molecular weight is 217 g/mol. The van der Waals surface area contributed by atoms with Gasteiger partial charge < -0.3 is 5.73 Å². The zero-order valence-electron chi connectivity index (χ0n) is 7.69. The first-order valence-corrected chi connectivity index (χ1v) is 5.08. The van der Waals surface area contributed by atoms with E-state index in [1.54, 1.807) is 0 Å². The molecule has 0 fully saturated rings. The van der Waals surface area contributed by atoms with Crippen molar-refractivity contribution in [2.24, 2.45) is 0 Å². The van der Waals surface area contributed by atoms with Gasteiger partial charge in [0.05, 0.1) is 16.6 Å². The first kappa shape index (κ1) is 9.65. The van der Waals surface area contributed by atoms with Crippen molar-refractivity contribution in [3.05, 3.63) is 35.9 Å². The molecule has 0 saturated carbocycles. The summed E-state index contributed by atoms with van der Waals surface area (Å²) in [5.74, 6) is 1.08. The van der Waals surface area contributed by atoms with E-state index in [1.165, 1.54) is 17.3 Å². The van der Waals surface area contributed by atoms with Crippen molar-refractivity contribution >= 4 is 38.1 Å². The van der Waals surface area contributed by atoms with E-state index in [0.29, 0.717) is 10.6 Å². The standard InChI is InChI=1S/C11H7NO2S/c12-11-10(8(14)5-6-13)7-3-1-2-4-9(7)15-11/h1-5H,12H2. The molecule has 0 amide bonds. The Kier molecular flexibility index (Phi) is 2.37. The van der Waals surface area contributed by atoms with Gasteiger partial charge in [0, 0.05) is 10.1 Å². The highest BCUT2D eigenvalue weighted by molar-refractivity contribution is 7.23. The van der Waals surface area contributed by atoms with Crippen molar-refractivity contribution in [1.82, 2.24) is 0 Å². The van der Waals surface area contributed by atoms with E-state index in [9.17, 15) is 9.59 Å². The SMILES string of the molecule is Nc1sc2ccccc2c1C(=O)C=C=O. The summed E-state index contributed by atoms with van der Waals surface area (Å²) in [6, 6.07) is 7.41. The molecule has 1 heterocycles. The number of thiophene rings is 1.